The minimum atomic E-state index is -0.0421. The Morgan fingerprint density at radius 2 is 1.96 bits per heavy atom. The summed E-state index contributed by atoms with van der Waals surface area (Å²) in [5.74, 6) is 0.646. The summed E-state index contributed by atoms with van der Waals surface area (Å²) >= 11 is 0. The highest BCUT2D eigenvalue weighted by atomic mass is 16.5. The first kappa shape index (κ1) is 17.0. The van der Waals surface area contributed by atoms with E-state index in [1.165, 1.54) is 0 Å². The highest BCUT2D eigenvalue weighted by Gasteiger charge is 2.07. The van der Waals surface area contributed by atoms with Gasteiger partial charge in [-0.15, -0.1) is 0 Å². The Balaban J connectivity index is 1.53. The van der Waals surface area contributed by atoms with Gasteiger partial charge >= 0.3 is 0 Å². The van der Waals surface area contributed by atoms with Crippen LogP contribution in [0.4, 0.5) is 0 Å². The summed E-state index contributed by atoms with van der Waals surface area (Å²) in [7, 11) is 0. The van der Waals surface area contributed by atoms with Crippen LogP contribution in [0.15, 0.2) is 54.9 Å². The number of fused-ring (bicyclic) bond motifs is 1. The van der Waals surface area contributed by atoms with Crippen LogP contribution < -0.4 is 10.1 Å². The number of amides is 1. The third kappa shape index (κ3) is 4.36. The van der Waals surface area contributed by atoms with E-state index in [-0.39, 0.29) is 19.1 Å². The van der Waals surface area contributed by atoms with Gasteiger partial charge in [-0.2, -0.15) is 0 Å². The van der Waals surface area contributed by atoms with E-state index in [2.05, 4.69) is 10.3 Å². The van der Waals surface area contributed by atoms with E-state index < -0.39 is 0 Å². The lowest BCUT2D eigenvalue weighted by Gasteiger charge is -2.11. The van der Waals surface area contributed by atoms with Crippen LogP contribution in [0.3, 0.4) is 0 Å². The number of nitrogens with zero attached hydrogens (tertiary/aromatic N) is 2. The lowest BCUT2D eigenvalue weighted by atomic mass is 10.2. The van der Waals surface area contributed by atoms with Crippen LogP contribution in [-0.2, 0) is 17.9 Å². The molecule has 3 aromatic rings. The summed E-state index contributed by atoms with van der Waals surface area (Å²) in [4.78, 5) is 16.5. The number of para-hydroxylation sites is 3. The van der Waals surface area contributed by atoms with Crippen LogP contribution in [-0.4, -0.2) is 33.8 Å². The first-order valence-corrected chi connectivity index (χ1v) is 8.26. The lowest BCUT2D eigenvalue weighted by molar-refractivity contribution is -0.121. The molecule has 0 aliphatic rings. The summed E-state index contributed by atoms with van der Waals surface area (Å²) in [6.45, 7) is 1.17. The van der Waals surface area contributed by atoms with Crippen molar-refractivity contribution in [2.75, 3.05) is 13.2 Å². The predicted octanol–water partition coefficient (Wildman–Crippen LogP) is 2.11. The molecule has 0 spiro atoms. The molecule has 0 atom stereocenters. The molecule has 0 unspecified atom stereocenters. The predicted molar refractivity (Wildman–Crippen MR) is 95.2 cm³/mol. The minimum absolute atomic E-state index is 0.0326. The molecular weight excluding hydrogens is 318 g/mol. The van der Waals surface area contributed by atoms with Crippen molar-refractivity contribution >= 4 is 16.9 Å². The van der Waals surface area contributed by atoms with E-state index in [1.807, 2.05) is 53.1 Å². The molecule has 3 rings (SSSR count). The summed E-state index contributed by atoms with van der Waals surface area (Å²) < 4.78 is 7.45. The normalized spacial score (nSPS) is 10.8. The molecule has 1 aromatic heterocycles. The second kappa shape index (κ2) is 8.30. The molecular formula is C19H21N3O3. The fourth-order valence-electron chi connectivity index (χ4n) is 2.64. The lowest BCUT2D eigenvalue weighted by Crippen LogP contribution is -2.24. The Bertz CT molecular complexity index is 845. The van der Waals surface area contributed by atoms with E-state index in [4.69, 9.17) is 9.84 Å². The van der Waals surface area contributed by atoms with Crippen molar-refractivity contribution in [1.82, 2.24) is 14.9 Å². The van der Waals surface area contributed by atoms with Crippen LogP contribution in [0.25, 0.3) is 11.0 Å². The molecule has 2 aromatic carbocycles. The van der Waals surface area contributed by atoms with E-state index in [1.54, 1.807) is 6.33 Å². The van der Waals surface area contributed by atoms with Crippen LogP contribution in [0.5, 0.6) is 5.75 Å². The first-order chi connectivity index (χ1) is 12.3. The van der Waals surface area contributed by atoms with Crippen molar-refractivity contribution in [2.24, 2.45) is 0 Å². The van der Waals surface area contributed by atoms with Gasteiger partial charge in [0.05, 0.1) is 24.0 Å². The first-order valence-electron chi connectivity index (χ1n) is 8.26. The van der Waals surface area contributed by atoms with E-state index in [9.17, 15) is 4.79 Å². The largest absolute Gasteiger partial charge is 0.491 e. The maximum absolute atomic E-state index is 12.1. The fourth-order valence-corrected chi connectivity index (χ4v) is 2.64. The van der Waals surface area contributed by atoms with Crippen LogP contribution in [0.2, 0.25) is 0 Å². The fraction of sp³-hybridized carbons (Fsp3) is 0.263. The molecule has 0 aliphatic heterocycles. The summed E-state index contributed by atoms with van der Waals surface area (Å²) in [5.41, 5.74) is 2.84. The third-order valence-corrected chi connectivity index (χ3v) is 3.90. The van der Waals surface area contributed by atoms with Crippen molar-refractivity contribution in [1.29, 1.82) is 0 Å². The molecule has 0 saturated carbocycles. The SMILES string of the molecule is O=C(CCn1cnc2ccccc21)NCc1ccccc1OCCO. The molecule has 2 N–H and O–H groups in total. The Morgan fingerprint density at radius 3 is 2.84 bits per heavy atom. The number of aromatic nitrogens is 2. The molecule has 1 amide bonds. The molecule has 0 fully saturated rings. The average molecular weight is 339 g/mol. The molecule has 130 valence electrons. The zero-order valence-electron chi connectivity index (χ0n) is 13.9. The number of nitrogens with one attached hydrogen (secondary N) is 1. The molecule has 25 heavy (non-hydrogen) atoms. The van der Waals surface area contributed by atoms with Crippen molar-refractivity contribution in [3.8, 4) is 5.75 Å². The van der Waals surface area contributed by atoms with Crippen molar-refractivity contribution in [2.45, 2.75) is 19.5 Å². The van der Waals surface area contributed by atoms with Gasteiger partial charge in [0, 0.05) is 25.1 Å². The second-order valence-electron chi connectivity index (χ2n) is 5.63. The highest BCUT2D eigenvalue weighted by molar-refractivity contribution is 5.77. The van der Waals surface area contributed by atoms with Crippen LogP contribution in [0, 0.1) is 0 Å². The highest BCUT2D eigenvalue weighted by Crippen LogP contribution is 2.17. The molecule has 0 aliphatic carbocycles. The number of ether oxygens (including phenoxy) is 1. The number of rotatable bonds is 8. The monoisotopic (exact) mass is 339 g/mol. The molecule has 0 saturated heterocycles. The van der Waals surface area contributed by atoms with Crippen molar-refractivity contribution < 1.29 is 14.6 Å². The molecule has 6 nitrogen and oxygen atoms in total. The number of carbonyl (C=O) groups is 1. The van der Waals surface area contributed by atoms with Gasteiger partial charge in [-0.25, -0.2) is 4.98 Å². The van der Waals surface area contributed by atoms with Crippen LogP contribution in [0.1, 0.15) is 12.0 Å². The Morgan fingerprint density at radius 1 is 1.16 bits per heavy atom. The van der Waals surface area contributed by atoms with Crippen LogP contribution >= 0.6 is 0 Å². The van der Waals surface area contributed by atoms with Gasteiger partial charge in [0.25, 0.3) is 0 Å². The Labute approximate surface area is 146 Å². The van der Waals surface area contributed by atoms with Crippen molar-refractivity contribution in [3.05, 3.63) is 60.4 Å². The summed E-state index contributed by atoms with van der Waals surface area (Å²) in [6.07, 6.45) is 2.13. The zero-order valence-corrected chi connectivity index (χ0v) is 13.9. The number of carbonyl (C=O) groups excluding carboxylic acids is 1. The third-order valence-electron chi connectivity index (χ3n) is 3.90. The molecule has 1 heterocycles. The van der Waals surface area contributed by atoms with Crippen molar-refractivity contribution in [3.63, 3.8) is 0 Å². The van der Waals surface area contributed by atoms with E-state index in [0.29, 0.717) is 25.3 Å². The van der Waals surface area contributed by atoms with Gasteiger partial charge in [0.1, 0.15) is 12.4 Å². The second-order valence-corrected chi connectivity index (χ2v) is 5.63. The van der Waals surface area contributed by atoms with Gasteiger partial charge in [-0.1, -0.05) is 30.3 Å². The number of aliphatic hydroxyl groups excluding tert-OH is 1. The maximum Gasteiger partial charge on any atom is 0.222 e. The smallest absolute Gasteiger partial charge is 0.222 e. The number of aliphatic hydroxyl groups is 1. The van der Waals surface area contributed by atoms with Gasteiger partial charge in [-0.05, 0) is 18.2 Å². The Kier molecular flexibility index (Phi) is 5.64. The number of aryl methyl sites for hydroxylation is 1. The van der Waals surface area contributed by atoms with Gasteiger partial charge in [-0.3, -0.25) is 4.79 Å². The average Bonchev–Trinajstić information content (AvgIpc) is 3.07. The standard InChI is InChI=1S/C19H21N3O3/c23-11-12-25-18-8-4-1-5-15(18)13-20-19(24)9-10-22-14-21-16-6-2-3-7-17(16)22/h1-8,14,23H,9-13H2,(H,20,24). The quantitative estimate of drug-likeness (QED) is 0.659. The number of hydrogen-bond donors (Lipinski definition) is 2. The van der Waals surface area contributed by atoms with E-state index in [0.717, 1.165) is 16.6 Å². The van der Waals surface area contributed by atoms with Gasteiger partial charge in [0.15, 0.2) is 0 Å². The maximum atomic E-state index is 12.1. The molecule has 0 radical (unpaired) electrons. The topological polar surface area (TPSA) is 76.4 Å². The summed E-state index contributed by atoms with van der Waals surface area (Å²) in [5, 5.41) is 11.8. The number of imidazole rings is 1. The van der Waals surface area contributed by atoms with Gasteiger partial charge < -0.3 is 19.7 Å². The molecule has 0 bridgehead atoms. The summed E-state index contributed by atoms with van der Waals surface area (Å²) in [6, 6.07) is 15.3. The number of benzene rings is 2. The Hall–Kier alpha value is -2.86. The number of hydrogen-bond acceptors (Lipinski definition) is 4. The molecule has 6 heteroatoms. The zero-order chi connectivity index (χ0) is 17.5. The van der Waals surface area contributed by atoms with E-state index >= 15 is 0 Å². The minimum Gasteiger partial charge on any atom is -0.491 e. The van der Waals surface area contributed by atoms with Gasteiger partial charge in [0.2, 0.25) is 5.91 Å².